The van der Waals surface area contributed by atoms with E-state index in [-0.39, 0.29) is 5.91 Å². The Labute approximate surface area is 139 Å². The first-order chi connectivity index (χ1) is 11.6. The third kappa shape index (κ3) is 3.45. The molecule has 2 heterocycles. The van der Waals surface area contributed by atoms with Gasteiger partial charge in [0.1, 0.15) is 12.4 Å². The van der Waals surface area contributed by atoms with Gasteiger partial charge in [0.15, 0.2) is 0 Å². The third-order valence-corrected chi connectivity index (χ3v) is 3.69. The van der Waals surface area contributed by atoms with Gasteiger partial charge < -0.3 is 9.64 Å². The van der Waals surface area contributed by atoms with Gasteiger partial charge in [0.05, 0.1) is 24.0 Å². The van der Waals surface area contributed by atoms with Gasteiger partial charge in [0.2, 0.25) is 0 Å². The average molecular weight is 324 g/mol. The van der Waals surface area contributed by atoms with Crippen molar-refractivity contribution in [3.8, 4) is 16.9 Å². The van der Waals surface area contributed by atoms with E-state index in [2.05, 4.69) is 26.5 Å². The van der Waals surface area contributed by atoms with Crippen molar-refractivity contribution in [2.24, 2.45) is 0 Å². The molecule has 123 valence electrons. The molecule has 7 heteroatoms. The van der Waals surface area contributed by atoms with Crippen molar-refractivity contribution in [3.05, 3.63) is 54.1 Å². The van der Waals surface area contributed by atoms with Crippen LogP contribution in [-0.4, -0.2) is 51.4 Å². The van der Waals surface area contributed by atoms with Crippen LogP contribution in [-0.2, 0) is 0 Å². The fourth-order valence-electron chi connectivity index (χ4n) is 2.33. The van der Waals surface area contributed by atoms with Gasteiger partial charge in [-0.25, -0.2) is 0 Å². The number of likely N-dealkylation sites (N-methyl/N-ethyl adjacent to an activating group) is 1. The summed E-state index contributed by atoms with van der Waals surface area (Å²) in [7, 11) is 1.73. The van der Waals surface area contributed by atoms with Crippen LogP contribution in [0.25, 0.3) is 11.1 Å². The molecule has 3 rings (SSSR count). The van der Waals surface area contributed by atoms with E-state index in [0.717, 1.165) is 16.8 Å². The number of aryl methyl sites for hydroxylation is 1. The zero-order valence-electron chi connectivity index (χ0n) is 13.5. The summed E-state index contributed by atoms with van der Waals surface area (Å²) in [6.07, 6.45) is 4.93. The van der Waals surface area contributed by atoms with Crippen molar-refractivity contribution in [3.63, 3.8) is 0 Å². The number of aromatic nitrogens is 4. The number of hydrogen-bond acceptors (Lipinski definition) is 4. The zero-order valence-corrected chi connectivity index (χ0v) is 13.5. The standard InChI is InChI=1S/C17H18N5O2/c1-12-16(11-20-21-12)13-4-3-5-15(8-13)24-7-6-22(2)17(23)14-9-18-19-10-14/h4-5,8-11H,6-7H2,1-2H3,(H,18,19)(H,20,21). The lowest BCUT2D eigenvalue weighted by atomic mass is 10.1. The van der Waals surface area contributed by atoms with E-state index in [1.165, 1.54) is 6.20 Å². The molecule has 0 aliphatic rings. The second-order valence-electron chi connectivity index (χ2n) is 5.40. The number of ether oxygens (including phenoxy) is 1. The highest BCUT2D eigenvalue weighted by Gasteiger charge is 2.12. The molecule has 2 aromatic heterocycles. The molecule has 0 saturated heterocycles. The highest BCUT2D eigenvalue weighted by Crippen LogP contribution is 2.25. The zero-order chi connectivity index (χ0) is 16.9. The second kappa shape index (κ2) is 6.99. The predicted molar refractivity (Wildman–Crippen MR) is 88.6 cm³/mol. The Morgan fingerprint density at radius 3 is 2.92 bits per heavy atom. The smallest absolute Gasteiger partial charge is 0.256 e. The fourth-order valence-corrected chi connectivity index (χ4v) is 2.33. The molecule has 0 fully saturated rings. The fraction of sp³-hybridized carbons (Fsp3) is 0.235. The van der Waals surface area contributed by atoms with E-state index in [1.807, 2.05) is 25.3 Å². The first kappa shape index (κ1) is 15.8. The summed E-state index contributed by atoms with van der Waals surface area (Å²) in [5.74, 6) is 0.610. The molecule has 0 aliphatic carbocycles. The van der Waals surface area contributed by atoms with Gasteiger partial charge in [0, 0.05) is 25.0 Å². The molecule has 1 amide bonds. The number of aromatic amines is 2. The van der Waals surface area contributed by atoms with Crippen LogP contribution in [0.15, 0.2) is 36.8 Å². The van der Waals surface area contributed by atoms with E-state index in [9.17, 15) is 4.79 Å². The van der Waals surface area contributed by atoms with E-state index >= 15 is 0 Å². The van der Waals surface area contributed by atoms with Crippen molar-refractivity contribution in [1.82, 2.24) is 25.3 Å². The predicted octanol–water partition coefficient (Wildman–Crippen LogP) is 2.06. The normalized spacial score (nSPS) is 10.6. The summed E-state index contributed by atoms with van der Waals surface area (Å²) >= 11 is 0. The SMILES string of the molecule is Cc1n[nH]cc1-c1c[c]cc(OCCN(C)C(=O)c2cn[nH]c2)c1. The Hall–Kier alpha value is -3.09. The molecule has 3 aromatic rings. The van der Waals surface area contributed by atoms with Crippen LogP contribution in [0.2, 0.25) is 0 Å². The molecule has 0 unspecified atom stereocenters. The number of amides is 1. The lowest BCUT2D eigenvalue weighted by Gasteiger charge is -2.16. The number of carbonyl (C=O) groups is 1. The number of carbonyl (C=O) groups excluding carboxylic acids is 1. The molecule has 1 radical (unpaired) electrons. The summed E-state index contributed by atoms with van der Waals surface area (Å²) in [5.41, 5.74) is 3.46. The Balaban J connectivity index is 1.57. The summed E-state index contributed by atoms with van der Waals surface area (Å²) in [6.45, 7) is 2.80. The van der Waals surface area contributed by atoms with E-state index in [1.54, 1.807) is 24.2 Å². The Kier molecular flexibility index (Phi) is 4.60. The molecule has 0 atom stereocenters. The third-order valence-electron chi connectivity index (χ3n) is 3.69. The Bertz CT molecular complexity index is 810. The molecular weight excluding hydrogens is 306 g/mol. The maximum atomic E-state index is 12.1. The average Bonchev–Trinajstić information content (AvgIpc) is 3.26. The Morgan fingerprint density at radius 1 is 1.33 bits per heavy atom. The number of hydrogen-bond donors (Lipinski definition) is 2. The molecule has 0 saturated carbocycles. The van der Waals surface area contributed by atoms with Crippen molar-refractivity contribution >= 4 is 5.91 Å². The maximum absolute atomic E-state index is 12.1. The minimum absolute atomic E-state index is 0.0957. The largest absolute Gasteiger partial charge is 0.492 e. The monoisotopic (exact) mass is 324 g/mol. The molecule has 2 N–H and O–H groups in total. The number of H-pyrrole nitrogens is 2. The lowest BCUT2D eigenvalue weighted by Crippen LogP contribution is -2.30. The van der Waals surface area contributed by atoms with Crippen LogP contribution in [0.1, 0.15) is 16.1 Å². The number of rotatable bonds is 6. The van der Waals surface area contributed by atoms with Crippen LogP contribution < -0.4 is 4.74 Å². The van der Waals surface area contributed by atoms with Gasteiger partial charge in [-0.2, -0.15) is 10.2 Å². The molecule has 0 spiro atoms. The summed E-state index contributed by atoms with van der Waals surface area (Å²) in [6, 6.07) is 8.67. The van der Waals surface area contributed by atoms with Gasteiger partial charge >= 0.3 is 0 Å². The van der Waals surface area contributed by atoms with Crippen LogP contribution in [0, 0.1) is 13.0 Å². The highest BCUT2D eigenvalue weighted by atomic mass is 16.5. The molecule has 7 nitrogen and oxygen atoms in total. The quantitative estimate of drug-likeness (QED) is 0.726. The Morgan fingerprint density at radius 2 is 2.21 bits per heavy atom. The lowest BCUT2D eigenvalue weighted by molar-refractivity contribution is 0.0774. The van der Waals surface area contributed by atoms with Gasteiger partial charge in [0.25, 0.3) is 5.91 Å². The maximum Gasteiger partial charge on any atom is 0.256 e. The summed E-state index contributed by atoms with van der Waals surface area (Å²) < 4.78 is 5.74. The summed E-state index contributed by atoms with van der Waals surface area (Å²) in [5, 5.41) is 13.4. The topological polar surface area (TPSA) is 86.9 Å². The first-order valence-electron chi connectivity index (χ1n) is 7.54. The highest BCUT2D eigenvalue weighted by molar-refractivity contribution is 5.93. The molecule has 1 aromatic carbocycles. The second-order valence-corrected chi connectivity index (χ2v) is 5.40. The number of nitrogens with zero attached hydrogens (tertiary/aromatic N) is 3. The van der Waals surface area contributed by atoms with E-state index in [4.69, 9.17) is 4.74 Å². The van der Waals surface area contributed by atoms with Crippen molar-refractivity contribution in [2.45, 2.75) is 6.92 Å². The van der Waals surface area contributed by atoms with Gasteiger partial charge in [-0.05, 0) is 36.8 Å². The molecule has 24 heavy (non-hydrogen) atoms. The van der Waals surface area contributed by atoms with Crippen LogP contribution in [0.4, 0.5) is 0 Å². The molecular formula is C17H18N5O2. The molecule has 0 bridgehead atoms. The summed E-state index contributed by atoms with van der Waals surface area (Å²) in [4.78, 5) is 13.7. The van der Waals surface area contributed by atoms with Gasteiger partial charge in [-0.1, -0.05) is 0 Å². The van der Waals surface area contributed by atoms with Gasteiger partial charge in [-0.15, -0.1) is 0 Å². The number of benzene rings is 1. The van der Waals surface area contributed by atoms with Crippen molar-refractivity contribution in [2.75, 3.05) is 20.2 Å². The minimum Gasteiger partial charge on any atom is -0.492 e. The molecule has 0 aliphatic heterocycles. The minimum atomic E-state index is -0.0957. The van der Waals surface area contributed by atoms with Crippen molar-refractivity contribution in [1.29, 1.82) is 0 Å². The van der Waals surface area contributed by atoms with E-state index < -0.39 is 0 Å². The van der Waals surface area contributed by atoms with Crippen LogP contribution in [0.3, 0.4) is 0 Å². The number of nitrogens with one attached hydrogen (secondary N) is 2. The van der Waals surface area contributed by atoms with Crippen LogP contribution >= 0.6 is 0 Å². The van der Waals surface area contributed by atoms with E-state index in [0.29, 0.717) is 24.5 Å². The first-order valence-corrected chi connectivity index (χ1v) is 7.54. The van der Waals surface area contributed by atoms with Crippen molar-refractivity contribution < 1.29 is 9.53 Å². The van der Waals surface area contributed by atoms with Crippen LogP contribution in [0.5, 0.6) is 5.75 Å². The van der Waals surface area contributed by atoms with Gasteiger partial charge in [-0.3, -0.25) is 15.0 Å².